The lowest BCUT2D eigenvalue weighted by atomic mass is 10.1. The van der Waals surface area contributed by atoms with Crippen molar-refractivity contribution in [3.05, 3.63) is 17.5 Å². The number of aromatic nitrogens is 2. The van der Waals surface area contributed by atoms with E-state index in [0.29, 0.717) is 18.1 Å². The number of amidine groups is 1. The van der Waals surface area contributed by atoms with Gasteiger partial charge in [-0.3, -0.25) is 19.2 Å². The zero-order valence-electron chi connectivity index (χ0n) is 18.0. The van der Waals surface area contributed by atoms with E-state index in [0.717, 1.165) is 48.4 Å². The molecular formula is C20H28N7O2S+. The molecule has 0 aromatic carbocycles. The summed E-state index contributed by atoms with van der Waals surface area (Å²) in [4.78, 5) is 44.0. The summed E-state index contributed by atoms with van der Waals surface area (Å²) in [6.07, 6.45) is 3.44. The second-order valence-electron chi connectivity index (χ2n) is 7.93. The van der Waals surface area contributed by atoms with Gasteiger partial charge >= 0.3 is 12.0 Å². The molecule has 9 nitrogen and oxygen atoms in total. The Morgan fingerprint density at radius 2 is 1.73 bits per heavy atom. The van der Waals surface area contributed by atoms with Gasteiger partial charge in [-0.15, -0.1) is 0 Å². The first-order valence-corrected chi connectivity index (χ1v) is 11.3. The van der Waals surface area contributed by atoms with Crippen LogP contribution in [-0.2, 0) is 4.79 Å². The zero-order chi connectivity index (χ0) is 21.4. The Balaban J connectivity index is 1.59. The number of hydrogen-bond donors (Lipinski definition) is 0. The number of urea groups is 1. The van der Waals surface area contributed by atoms with Crippen LogP contribution in [0.15, 0.2) is 16.2 Å². The Morgan fingerprint density at radius 1 is 1.07 bits per heavy atom. The highest BCUT2D eigenvalue weighted by Gasteiger charge is 2.55. The maximum atomic E-state index is 13.0. The third-order valence-corrected chi connectivity index (χ3v) is 6.50. The zero-order valence-corrected chi connectivity index (χ0v) is 18.8. The topological polar surface area (TPSA) is 85.0 Å². The molecule has 0 bridgehead atoms. The Bertz CT molecular complexity index is 917. The first-order chi connectivity index (χ1) is 14.4. The number of fused-ring (bicyclic) bond motifs is 1. The number of imide groups is 1. The van der Waals surface area contributed by atoms with E-state index >= 15 is 0 Å². The van der Waals surface area contributed by atoms with E-state index in [1.807, 2.05) is 19.9 Å². The molecule has 2 fully saturated rings. The predicted molar refractivity (Wildman–Crippen MR) is 115 cm³/mol. The number of piperidine rings is 1. The Hall–Kier alpha value is -2.49. The normalized spacial score (nSPS) is 22.1. The standard InChI is InChI=1S/C20H28N7O2S/c1-13-12-14(2)22-18(21-13)30-11-10-27-15-16(24(3)20(29)25(4)17(15)28)23-19(27)26-8-6-5-7-9-26/h12,15H,5-11H2,1-4H3/q+1. The summed E-state index contributed by atoms with van der Waals surface area (Å²) in [6.45, 7) is 6.39. The molecule has 3 aliphatic rings. The van der Waals surface area contributed by atoms with E-state index in [9.17, 15) is 9.59 Å². The Kier molecular flexibility index (Phi) is 5.77. The molecule has 0 spiro atoms. The molecule has 0 saturated carbocycles. The Morgan fingerprint density at radius 3 is 2.40 bits per heavy atom. The lowest BCUT2D eigenvalue weighted by molar-refractivity contribution is -0.542. The molecule has 0 aliphatic carbocycles. The molecule has 0 radical (unpaired) electrons. The number of carbonyl (C=O) groups excluding carboxylic acids is 2. The first kappa shape index (κ1) is 20.8. The van der Waals surface area contributed by atoms with Gasteiger partial charge in [0.2, 0.25) is 11.9 Å². The fourth-order valence-electron chi connectivity index (χ4n) is 4.15. The average molecular weight is 431 g/mol. The van der Waals surface area contributed by atoms with Crippen molar-refractivity contribution in [3.8, 4) is 0 Å². The van der Waals surface area contributed by atoms with Gasteiger partial charge in [0.05, 0.1) is 19.6 Å². The molecule has 1 aromatic heterocycles. The minimum Gasteiger partial charge on any atom is -0.270 e. The van der Waals surface area contributed by atoms with Gasteiger partial charge in [-0.25, -0.2) is 19.7 Å². The second-order valence-corrected chi connectivity index (χ2v) is 9.00. The second kappa shape index (κ2) is 8.33. The van der Waals surface area contributed by atoms with Gasteiger partial charge < -0.3 is 0 Å². The van der Waals surface area contributed by atoms with Crippen molar-refractivity contribution in [1.82, 2.24) is 24.7 Å². The molecule has 160 valence electrons. The van der Waals surface area contributed by atoms with Gasteiger partial charge in [0.1, 0.15) is 0 Å². The molecule has 30 heavy (non-hydrogen) atoms. The summed E-state index contributed by atoms with van der Waals surface area (Å²) in [5.41, 5.74) is 1.89. The predicted octanol–water partition coefficient (Wildman–Crippen LogP) is 1.34. The molecule has 3 amide bonds. The van der Waals surface area contributed by atoms with E-state index in [1.54, 1.807) is 18.8 Å². The summed E-state index contributed by atoms with van der Waals surface area (Å²) >= 11 is 1.57. The smallest absolute Gasteiger partial charge is 0.270 e. The molecule has 4 heterocycles. The van der Waals surface area contributed by atoms with Crippen molar-refractivity contribution in [2.45, 2.75) is 44.3 Å². The molecule has 1 aromatic rings. The number of carbonyl (C=O) groups is 2. The van der Waals surface area contributed by atoms with Crippen LogP contribution in [0.5, 0.6) is 0 Å². The molecule has 4 rings (SSSR count). The molecule has 1 atom stereocenters. The number of thioether (sulfide) groups is 1. The third kappa shape index (κ3) is 3.80. The number of likely N-dealkylation sites (N-methyl/N-ethyl adjacent to an activating group) is 2. The van der Waals surface area contributed by atoms with Crippen molar-refractivity contribution >= 4 is 35.5 Å². The molecule has 3 aliphatic heterocycles. The summed E-state index contributed by atoms with van der Waals surface area (Å²) in [5, 5.41) is 0.742. The lowest BCUT2D eigenvalue weighted by Gasteiger charge is -2.33. The van der Waals surface area contributed by atoms with Crippen LogP contribution in [-0.4, -0.2) is 98.5 Å². The summed E-state index contributed by atoms with van der Waals surface area (Å²) in [6, 6.07) is 1.05. The molecule has 0 N–H and O–H groups in total. The summed E-state index contributed by atoms with van der Waals surface area (Å²) in [7, 11) is 3.22. The van der Waals surface area contributed by atoms with Gasteiger partial charge in [-0.2, -0.15) is 0 Å². The molecule has 2 saturated heterocycles. The Labute approximate surface area is 180 Å². The van der Waals surface area contributed by atoms with Crippen LogP contribution in [0.4, 0.5) is 4.79 Å². The largest absolute Gasteiger partial charge is 0.392 e. The minimum atomic E-state index is -0.560. The van der Waals surface area contributed by atoms with E-state index in [-0.39, 0.29) is 11.9 Å². The highest BCUT2D eigenvalue weighted by Crippen LogP contribution is 2.25. The lowest BCUT2D eigenvalue weighted by Crippen LogP contribution is -2.63. The minimum absolute atomic E-state index is 0.225. The van der Waals surface area contributed by atoms with Gasteiger partial charge in [-0.1, -0.05) is 16.8 Å². The van der Waals surface area contributed by atoms with Gasteiger partial charge in [0, 0.05) is 31.2 Å². The molecule has 10 heteroatoms. The van der Waals surface area contributed by atoms with Crippen LogP contribution in [0.2, 0.25) is 0 Å². The van der Waals surface area contributed by atoms with E-state index in [4.69, 9.17) is 4.99 Å². The van der Waals surface area contributed by atoms with Crippen LogP contribution < -0.4 is 0 Å². The van der Waals surface area contributed by atoms with Crippen LogP contribution in [0, 0.1) is 13.8 Å². The third-order valence-electron chi connectivity index (χ3n) is 5.67. The monoisotopic (exact) mass is 430 g/mol. The fourth-order valence-corrected chi connectivity index (χ4v) is 5.04. The highest BCUT2D eigenvalue weighted by atomic mass is 32.2. The summed E-state index contributed by atoms with van der Waals surface area (Å²) in [5.74, 6) is 1.82. The van der Waals surface area contributed by atoms with Crippen molar-refractivity contribution in [1.29, 1.82) is 0 Å². The van der Waals surface area contributed by atoms with Crippen molar-refractivity contribution in [2.75, 3.05) is 39.5 Å². The number of aliphatic imine (C=N–C) groups is 1. The fraction of sp³-hybridized carbons (Fsp3) is 0.600. The highest BCUT2D eigenvalue weighted by molar-refractivity contribution is 7.99. The van der Waals surface area contributed by atoms with Gasteiger partial charge in [0.25, 0.3) is 5.91 Å². The van der Waals surface area contributed by atoms with Crippen molar-refractivity contribution in [2.24, 2.45) is 4.99 Å². The van der Waals surface area contributed by atoms with E-state index in [2.05, 4.69) is 19.4 Å². The summed E-state index contributed by atoms with van der Waals surface area (Å²) < 4.78 is 2.25. The quantitative estimate of drug-likeness (QED) is 0.407. The van der Waals surface area contributed by atoms with Gasteiger partial charge in [-0.05, 0) is 39.2 Å². The number of amides is 3. The van der Waals surface area contributed by atoms with Crippen molar-refractivity contribution < 1.29 is 14.2 Å². The number of aryl methyl sites for hydroxylation is 2. The average Bonchev–Trinajstić information content (AvgIpc) is 3.10. The van der Waals surface area contributed by atoms with Crippen LogP contribution in [0.1, 0.15) is 30.7 Å². The van der Waals surface area contributed by atoms with Crippen LogP contribution in [0.3, 0.4) is 0 Å². The van der Waals surface area contributed by atoms with E-state index in [1.165, 1.54) is 23.3 Å². The van der Waals surface area contributed by atoms with Crippen LogP contribution in [0.25, 0.3) is 0 Å². The number of guanidine groups is 1. The maximum Gasteiger partial charge on any atom is 0.392 e. The first-order valence-electron chi connectivity index (χ1n) is 10.3. The van der Waals surface area contributed by atoms with Crippen molar-refractivity contribution in [3.63, 3.8) is 0 Å². The van der Waals surface area contributed by atoms with Crippen LogP contribution >= 0.6 is 11.8 Å². The maximum absolute atomic E-state index is 13.0. The molecular weight excluding hydrogens is 402 g/mol. The number of hydrogen-bond acceptors (Lipinski definition) is 5. The SMILES string of the molecule is Cc1cc(C)nc(SCCN2C(=[N+]3CCCCC3)N=C3C2C(=O)N(C)C(=O)N3C)n1. The molecule has 1 unspecified atom stereocenters. The number of rotatable bonds is 4. The number of nitrogens with zero attached hydrogens (tertiary/aromatic N) is 7. The van der Waals surface area contributed by atoms with E-state index < -0.39 is 6.04 Å². The van der Waals surface area contributed by atoms with Gasteiger partial charge in [0.15, 0.2) is 5.16 Å².